The van der Waals surface area contributed by atoms with Crippen LogP contribution < -0.4 is 0 Å². The Bertz CT molecular complexity index is 836. The number of carbonyl (C=O) groups excluding carboxylic acids is 2. The van der Waals surface area contributed by atoms with E-state index in [1.165, 1.54) is 21.6 Å². The Balaban J connectivity index is 1.93. The number of nitrogens with zero attached hydrogens (tertiary/aromatic N) is 3. The molecule has 1 aromatic rings. The van der Waals surface area contributed by atoms with Crippen LogP contribution >= 0.6 is 21.6 Å². The van der Waals surface area contributed by atoms with Gasteiger partial charge in [-0.15, -0.1) is 0 Å². The van der Waals surface area contributed by atoms with Gasteiger partial charge in [-0.3, -0.25) is 9.59 Å². The van der Waals surface area contributed by atoms with Crippen molar-refractivity contribution in [2.45, 2.75) is 43.0 Å². The van der Waals surface area contributed by atoms with Crippen LogP contribution in [0.5, 0.6) is 0 Å². The highest BCUT2D eigenvalue weighted by Gasteiger charge is 2.74. The highest BCUT2D eigenvalue weighted by molar-refractivity contribution is 8.78. The van der Waals surface area contributed by atoms with E-state index in [-0.39, 0.29) is 11.8 Å². The lowest BCUT2D eigenvalue weighted by atomic mass is 9.79. The second-order valence-corrected chi connectivity index (χ2v) is 10.3. The van der Waals surface area contributed by atoms with Gasteiger partial charge in [0.25, 0.3) is 11.8 Å². The molecule has 0 aromatic heterocycles. The molecule has 7 heteroatoms. The lowest BCUT2D eigenvalue weighted by Crippen LogP contribution is -2.73. The van der Waals surface area contributed by atoms with Gasteiger partial charge in [-0.2, -0.15) is 5.26 Å². The quantitative estimate of drug-likeness (QED) is 0.708. The summed E-state index contributed by atoms with van der Waals surface area (Å²) in [6.45, 7) is 5.66. The summed E-state index contributed by atoms with van der Waals surface area (Å²) < 4.78 is 0. The summed E-state index contributed by atoms with van der Waals surface area (Å²) in [6.07, 6.45) is 0.345. The fraction of sp³-hybridized carbons (Fsp3) is 0.500. The van der Waals surface area contributed by atoms with E-state index in [0.717, 1.165) is 11.1 Å². The summed E-state index contributed by atoms with van der Waals surface area (Å²) >= 11 is 0. The first-order valence-electron chi connectivity index (χ1n) is 8.16. The van der Waals surface area contributed by atoms with E-state index in [9.17, 15) is 14.9 Å². The number of carbonyl (C=O) groups is 2. The average Bonchev–Trinajstić information content (AvgIpc) is 2.87. The second kappa shape index (κ2) is 4.95. The van der Waals surface area contributed by atoms with Crippen LogP contribution in [0.1, 0.15) is 37.4 Å². The molecule has 0 unspecified atom stereocenters. The van der Waals surface area contributed by atoms with Crippen molar-refractivity contribution < 1.29 is 9.59 Å². The summed E-state index contributed by atoms with van der Waals surface area (Å²) in [5, 5.41) is 9.96. The molecule has 4 heterocycles. The standard InChI is InChI=1S/C18H19N3O2S2/c1-11-5-7-12(8-6-11)13-16(2,10-19)9-18-15(23)20(4)17(3,24-25-18)14(22)21(13)18/h5-8,13H,9H2,1-4H3/t13-,16+,17-,18-/m0/s1. The van der Waals surface area contributed by atoms with Gasteiger partial charge in [0.2, 0.25) is 0 Å². The van der Waals surface area contributed by atoms with Crippen molar-refractivity contribution in [3.8, 4) is 6.07 Å². The molecule has 5 nitrogen and oxygen atoms in total. The van der Waals surface area contributed by atoms with Crippen molar-refractivity contribution in [1.82, 2.24) is 9.80 Å². The first kappa shape index (κ1) is 16.8. The van der Waals surface area contributed by atoms with Crippen LogP contribution in [-0.4, -0.2) is 38.4 Å². The van der Waals surface area contributed by atoms with Gasteiger partial charge in [-0.1, -0.05) is 51.4 Å². The lowest BCUT2D eigenvalue weighted by Gasteiger charge is -2.57. The Morgan fingerprint density at radius 2 is 1.80 bits per heavy atom. The monoisotopic (exact) mass is 373 g/mol. The molecule has 130 valence electrons. The molecular weight excluding hydrogens is 354 g/mol. The number of piperazine rings is 1. The molecule has 0 aliphatic carbocycles. The fourth-order valence-electron chi connectivity index (χ4n) is 4.17. The van der Waals surface area contributed by atoms with Gasteiger partial charge in [0, 0.05) is 13.5 Å². The minimum atomic E-state index is -0.992. The maximum Gasteiger partial charge on any atom is 0.261 e. The summed E-state index contributed by atoms with van der Waals surface area (Å²) in [5.41, 5.74) is 1.22. The summed E-state index contributed by atoms with van der Waals surface area (Å²) in [6, 6.07) is 9.92. The maximum atomic E-state index is 13.4. The highest BCUT2D eigenvalue weighted by Crippen LogP contribution is 2.69. The molecule has 2 bridgehead atoms. The number of amides is 2. The number of likely N-dealkylation sites (N-methyl/N-ethyl adjacent to an activating group) is 1. The lowest BCUT2D eigenvalue weighted by molar-refractivity contribution is -0.164. The molecule has 0 N–H and O–H groups in total. The smallest absolute Gasteiger partial charge is 0.261 e. The van der Waals surface area contributed by atoms with Crippen molar-refractivity contribution in [2.75, 3.05) is 7.05 Å². The molecule has 0 radical (unpaired) electrons. The third-order valence-electron chi connectivity index (χ3n) is 5.74. The summed E-state index contributed by atoms with van der Waals surface area (Å²) in [7, 11) is 4.57. The normalized spacial score (nSPS) is 39.6. The number of nitriles is 1. The van der Waals surface area contributed by atoms with Crippen LogP contribution in [-0.2, 0) is 9.59 Å². The SMILES string of the molecule is Cc1ccc([C@@H]2N3C(=O)[C@]4(C)SS[C@@]3(C[C@]2(C)C#N)C(=O)N4C)cc1. The Morgan fingerprint density at radius 3 is 2.40 bits per heavy atom. The van der Waals surface area contributed by atoms with Gasteiger partial charge in [-0.25, -0.2) is 0 Å². The van der Waals surface area contributed by atoms with Gasteiger partial charge >= 0.3 is 0 Å². The van der Waals surface area contributed by atoms with Crippen LogP contribution in [0.4, 0.5) is 0 Å². The van der Waals surface area contributed by atoms with Crippen LogP contribution in [0.25, 0.3) is 0 Å². The topological polar surface area (TPSA) is 64.4 Å². The minimum absolute atomic E-state index is 0.0746. The number of rotatable bonds is 1. The van der Waals surface area contributed by atoms with Gasteiger partial charge in [0.15, 0.2) is 9.74 Å². The zero-order valence-corrected chi connectivity index (χ0v) is 16.2. The second-order valence-electron chi connectivity index (χ2n) is 7.49. The summed E-state index contributed by atoms with van der Waals surface area (Å²) in [4.78, 5) is 27.9. The Hall–Kier alpha value is -1.65. The molecule has 4 saturated heterocycles. The fourth-order valence-corrected chi connectivity index (χ4v) is 7.75. The van der Waals surface area contributed by atoms with Crippen molar-refractivity contribution >= 4 is 33.4 Å². The predicted octanol–water partition coefficient (Wildman–Crippen LogP) is 3.08. The first-order valence-corrected chi connectivity index (χ1v) is 10.3. The van der Waals surface area contributed by atoms with Gasteiger partial charge in [0.05, 0.1) is 17.5 Å². The molecule has 4 aliphatic heterocycles. The predicted molar refractivity (Wildman–Crippen MR) is 98.2 cm³/mol. The molecule has 1 spiro atoms. The minimum Gasteiger partial charge on any atom is -0.319 e. The highest BCUT2D eigenvalue weighted by atomic mass is 33.1. The summed E-state index contributed by atoms with van der Waals surface area (Å²) in [5.74, 6) is -0.155. The molecule has 5 rings (SSSR count). The molecular formula is C18H19N3O2S2. The number of benzene rings is 1. The first-order chi connectivity index (χ1) is 11.7. The van der Waals surface area contributed by atoms with Crippen molar-refractivity contribution in [3.05, 3.63) is 35.4 Å². The van der Waals surface area contributed by atoms with Crippen LogP contribution in [0.3, 0.4) is 0 Å². The Labute approximate surface area is 155 Å². The molecule has 2 amide bonds. The van der Waals surface area contributed by atoms with Crippen LogP contribution in [0.2, 0.25) is 0 Å². The number of hydrogen-bond donors (Lipinski definition) is 0. The van der Waals surface area contributed by atoms with Gasteiger partial charge < -0.3 is 9.80 Å². The molecule has 1 aromatic carbocycles. The van der Waals surface area contributed by atoms with Crippen molar-refractivity contribution in [2.24, 2.45) is 5.41 Å². The van der Waals surface area contributed by atoms with Crippen molar-refractivity contribution in [3.63, 3.8) is 0 Å². The van der Waals surface area contributed by atoms with Gasteiger partial charge in [-0.05, 0) is 26.3 Å². The van der Waals surface area contributed by atoms with Crippen LogP contribution in [0.15, 0.2) is 24.3 Å². The average molecular weight is 374 g/mol. The molecule has 4 aliphatic rings. The zero-order valence-electron chi connectivity index (χ0n) is 14.6. The number of hydrogen-bond acceptors (Lipinski definition) is 5. The largest absolute Gasteiger partial charge is 0.319 e. The van der Waals surface area contributed by atoms with E-state index in [2.05, 4.69) is 6.07 Å². The molecule has 0 saturated carbocycles. The van der Waals surface area contributed by atoms with Crippen LogP contribution in [0, 0.1) is 23.7 Å². The Morgan fingerprint density at radius 1 is 1.16 bits per heavy atom. The maximum absolute atomic E-state index is 13.4. The van der Waals surface area contributed by atoms with E-state index < -0.39 is 21.2 Å². The molecule has 25 heavy (non-hydrogen) atoms. The van der Waals surface area contributed by atoms with E-state index in [1.54, 1.807) is 23.8 Å². The van der Waals surface area contributed by atoms with Crippen molar-refractivity contribution in [1.29, 1.82) is 5.26 Å². The van der Waals surface area contributed by atoms with E-state index in [1.807, 2.05) is 38.1 Å². The van der Waals surface area contributed by atoms with E-state index in [0.29, 0.717) is 6.42 Å². The Kier molecular flexibility index (Phi) is 3.33. The number of fused-ring (bicyclic) bond motifs is 2. The zero-order chi connectivity index (χ0) is 18.2. The third kappa shape index (κ3) is 1.87. The van der Waals surface area contributed by atoms with Gasteiger partial charge in [0.1, 0.15) is 0 Å². The number of aryl methyl sites for hydroxylation is 1. The van der Waals surface area contributed by atoms with E-state index >= 15 is 0 Å². The van der Waals surface area contributed by atoms with E-state index in [4.69, 9.17) is 0 Å². The molecule has 4 fully saturated rings. The molecule has 4 atom stereocenters. The third-order valence-corrected chi connectivity index (χ3v) is 9.44.